The Kier molecular flexibility index (Phi) is 2.53. The second-order valence-corrected chi connectivity index (χ2v) is 6.57. The highest BCUT2D eigenvalue weighted by atomic mass is 32.2. The highest BCUT2D eigenvalue weighted by Gasteiger charge is 2.38. The van der Waals surface area contributed by atoms with Gasteiger partial charge in [-0.15, -0.1) is 11.3 Å². The lowest BCUT2D eigenvalue weighted by atomic mass is 10.0. The van der Waals surface area contributed by atoms with Gasteiger partial charge in [0.25, 0.3) is 0 Å². The Morgan fingerprint density at radius 3 is 3.00 bits per heavy atom. The zero-order valence-electron chi connectivity index (χ0n) is 9.01. The highest BCUT2D eigenvalue weighted by molar-refractivity contribution is 7.99. The minimum absolute atomic E-state index is 0.194. The molecule has 1 atom stereocenters. The Morgan fingerprint density at radius 2 is 2.33 bits per heavy atom. The molecular weight excluding hydrogens is 224 g/mol. The lowest BCUT2D eigenvalue weighted by molar-refractivity contribution is 0.409. The molecule has 1 N–H and O–H groups in total. The Labute approximate surface area is 98.9 Å². The van der Waals surface area contributed by atoms with Gasteiger partial charge in [-0.3, -0.25) is 0 Å². The number of aryl methyl sites for hydroxylation is 2. The molecule has 1 aromatic heterocycles. The van der Waals surface area contributed by atoms with E-state index in [1.807, 2.05) is 23.1 Å². The predicted octanol–water partition coefficient (Wildman–Crippen LogP) is 2.18. The lowest BCUT2D eigenvalue weighted by Crippen LogP contribution is -2.39. The molecule has 1 aromatic rings. The number of fused-ring (bicyclic) bond motifs is 1. The maximum absolute atomic E-state index is 4.86. The zero-order valence-corrected chi connectivity index (χ0v) is 10.6. The number of thiazole rings is 1. The molecule has 1 saturated heterocycles. The monoisotopic (exact) mass is 240 g/mol. The minimum atomic E-state index is 0.194. The topological polar surface area (TPSA) is 24.9 Å². The van der Waals surface area contributed by atoms with Crippen molar-refractivity contribution in [1.29, 1.82) is 0 Å². The molecule has 2 aliphatic rings. The van der Waals surface area contributed by atoms with Gasteiger partial charge in [0.1, 0.15) is 5.01 Å². The van der Waals surface area contributed by atoms with Crippen molar-refractivity contribution in [2.75, 3.05) is 18.6 Å². The third kappa shape index (κ3) is 1.54. The molecule has 15 heavy (non-hydrogen) atoms. The molecule has 2 nitrogen and oxygen atoms in total. The summed E-state index contributed by atoms with van der Waals surface area (Å²) in [4.78, 5) is 6.41. The second kappa shape index (κ2) is 3.75. The van der Waals surface area contributed by atoms with Crippen LogP contribution >= 0.6 is 23.1 Å². The average Bonchev–Trinajstić information content (AvgIpc) is 2.92. The molecule has 1 aliphatic heterocycles. The van der Waals surface area contributed by atoms with Gasteiger partial charge in [-0.2, -0.15) is 11.8 Å². The van der Waals surface area contributed by atoms with E-state index < -0.39 is 0 Å². The molecule has 0 saturated carbocycles. The highest BCUT2D eigenvalue weighted by Crippen LogP contribution is 2.40. The summed E-state index contributed by atoms with van der Waals surface area (Å²) in [5, 5.41) is 4.86. The van der Waals surface area contributed by atoms with Crippen LogP contribution in [0.2, 0.25) is 0 Å². The smallest absolute Gasteiger partial charge is 0.114 e. The maximum Gasteiger partial charge on any atom is 0.114 e. The van der Waals surface area contributed by atoms with Crippen molar-refractivity contribution < 1.29 is 0 Å². The second-order valence-electron chi connectivity index (χ2n) is 4.38. The van der Waals surface area contributed by atoms with Crippen LogP contribution in [-0.4, -0.2) is 23.5 Å². The first-order valence-electron chi connectivity index (χ1n) is 5.60. The molecule has 0 aromatic carbocycles. The third-order valence-electron chi connectivity index (χ3n) is 3.51. The van der Waals surface area contributed by atoms with E-state index in [2.05, 4.69) is 12.4 Å². The zero-order chi connectivity index (χ0) is 10.3. The van der Waals surface area contributed by atoms with Gasteiger partial charge < -0.3 is 5.32 Å². The summed E-state index contributed by atoms with van der Waals surface area (Å²) in [6.07, 6.45) is 5.02. The van der Waals surface area contributed by atoms with Gasteiger partial charge in [0.2, 0.25) is 0 Å². The van der Waals surface area contributed by atoms with E-state index >= 15 is 0 Å². The van der Waals surface area contributed by atoms with E-state index in [0.29, 0.717) is 0 Å². The summed E-state index contributed by atoms with van der Waals surface area (Å²) in [7, 11) is 2.08. The van der Waals surface area contributed by atoms with Gasteiger partial charge >= 0.3 is 0 Å². The standard InChI is InChI=1S/C11H16N2S2/c1-12-11(5-6-14-7-11)10-13-8-3-2-4-9(8)15-10/h12H,2-7H2,1H3. The van der Waals surface area contributed by atoms with Crippen LogP contribution in [0.15, 0.2) is 0 Å². The number of hydrogen-bond acceptors (Lipinski definition) is 4. The van der Waals surface area contributed by atoms with E-state index in [-0.39, 0.29) is 5.54 Å². The molecule has 0 amide bonds. The van der Waals surface area contributed by atoms with Crippen molar-refractivity contribution in [3.05, 3.63) is 15.6 Å². The maximum atomic E-state index is 4.86. The van der Waals surface area contributed by atoms with Crippen LogP contribution in [0, 0.1) is 0 Å². The molecule has 0 radical (unpaired) electrons. The lowest BCUT2D eigenvalue weighted by Gasteiger charge is -2.25. The SMILES string of the molecule is CNC1(c2nc3c(s2)CCC3)CCSC1. The van der Waals surface area contributed by atoms with E-state index in [9.17, 15) is 0 Å². The fourth-order valence-electron chi connectivity index (χ4n) is 2.43. The van der Waals surface area contributed by atoms with Crippen LogP contribution in [0.1, 0.15) is 28.4 Å². The Balaban J connectivity index is 1.97. The third-order valence-corrected chi connectivity index (χ3v) is 6.06. The molecule has 3 rings (SSSR count). The van der Waals surface area contributed by atoms with Crippen molar-refractivity contribution in [1.82, 2.24) is 10.3 Å². The molecule has 0 spiro atoms. The molecular formula is C11H16N2S2. The largest absolute Gasteiger partial charge is 0.308 e. The van der Waals surface area contributed by atoms with Crippen LogP contribution < -0.4 is 5.32 Å². The first kappa shape index (κ1) is 10.1. The van der Waals surface area contributed by atoms with E-state index in [1.165, 1.54) is 47.9 Å². The number of aromatic nitrogens is 1. The number of nitrogens with one attached hydrogen (secondary N) is 1. The van der Waals surface area contributed by atoms with Gasteiger partial charge in [-0.25, -0.2) is 4.98 Å². The van der Waals surface area contributed by atoms with Gasteiger partial charge in [-0.1, -0.05) is 0 Å². The van der Waals surface area contributed by atoms with Gasteiger partial charge in [0.15, 0.2) is 0 Å². The summed E-state index contributed by atoms with van der Waals surface area (Å²) in [5.74, 6) is 2.46. The Morgan fingerprint density at radius 1 is 1.40 bits per heavy atom. The first-order valence-corrected chi connectivity index (χ1v) is 7.57. The van der Waals surface area contributed by atoms with Crippen LogP contribution in [0.25, 0.3) is 0 Å². The van der Waals surface area contributed by atoms with Crippen LogP contribution in [0.3, 0.4) is 0 Å². The minimum Gasteiger partial charge on any atom is -0.308 e. The molecule has 4 heteroatoms. The van der Waals surface area contributed by atoms with Gasteiger partial charge in [0, 0.05) is 10.6 Å². The number of rotatable bonds is 2. The van der Waals surface area contributed by atoms with Crippen LogP contribution in [0.5, 0.6) is 0 Å². The fourth-order valence-corrected chi connectivity index (χ4v) is 5.31. The summed E-state index contributed by atoms with van der Waals surface area (Å²) in [6.45, 7) is 0. The van der Waals surface area contributed by atoms with Crippen molar-refractivity contribution in [2.24, 2.45) is 0 Å². The summed E-state index contributed by atoms with van der Waals surface area (Å²) in [5.41, 5.74) is 1.58. The van der Waals surface area contributed by atoms with Crippen molar-refractivity contribution >= 4 is 23.1 Å². The summed E-state index contributed by atoms with van der Waals surface area (Å²) < 4.78 is 0. The fraction of sp³-hybridized carbons (Fsp3) is 0.727. The molecule has 82 valence electrons. The van der Waals surface area contributed by atoms with Crippen LogP contribution in [-0.2, 0) is 18.4 Å². The van der Waals surface area contributed by atoms with E-state index in [1.54, 1.807) is 4.88 Å². The molecule has 1 aliphatic carbocycles. The number of nitrogens with zero attached hydrogens (tertiary/aromatic N) is 1. The first-order chi connectivity index (χ1) is 7.34. The predicted molar refractivity (Wildman–Crippen MR) is 66.8 cm³/mol. The number of hydrogen-bond donors (Lipinski definition) is 1. The van der Waals surface area contributed by atoms with Gasteiger partial charge in [0.05, 0.1) is 11.2 Å². The van der Waals surface area contributed by atoms with Crippen molar-refractivity contribution in [3.8, 4) is 0 Å². The van der Waals surface area contributed by atoms with Crippen LogP contribution in [0.4, 0.5) is 0 Å². The average molecular weight is 240 g/mol. The van der Waals surface area contributed by atoms with E-state index in [0.717, 1.165) is 0 Å². The summed E-state index contributed by atoms with van der Waals surface area (Å²) >= 11 is 4.00. The molecule has 1 fully saturated rings. The number of thioether (sulfide) groups is 1. The van der Waals surface area contributed by atoms with Gasteiger partial charge in [-0.05, 0) is 38.5 Å². The normalized spacial score (nSPS) is 29.7. The van der Waals surface area contributed by atoms with Crippen molar-refractivity contribution in [2.45, 2.75) is 31.2 Å². The van der Waals surface area contributed by atoms with E-state index in [4.69, 9.17) is 4.98 Å². The summed E-state index contributed by atoms with van der Waals surface area (Å²) in [6, 6.07) is 0. The van der Waals surface area contributed by atoms with Crippen molar-refractivity contribution in [3.63, 3.8) is 0 Å². The quantitative estimate of drug-likeness (QED) is 0.858. The molecule has 1 unspecified atom stereocenters. The Hall–Kier alpha value is -0.0600. The Bertz CT molecular complexity index is 345. The molecule has 2 heterocycles. The molecule has 0 bridgehead atoms.